The Hall–Kier alpha value is -2.79. The number of carboxylic acids is 1. The first-order valence-electron chi connectivity index (χ1n) is 7.76. The summed E-state index contributed by atoms with van der Waals surface area (Å²) < 4.78 is 1.82. The number of aryl methyl sites for hydroxylation is 1. The molecular formula is C19H17ClN2O3. The smallest absolute Gasteiger partial charge is 0.309 e. The Bertz CT molecular complexity index is 920. The van der Waals surface area contributed by atoms with Crippen LogP contribution in [0.15, 0.2) is 48.5 Å². The summed E-state index contributed by atoms with van der Waals surface area (Å²) in [5.74, 6) is -0.195. The van der Waals surface area contributed by atoms with E-state index in [0.29, 0.717) is 23.6 Å². The van der Waals surface area contributed by atoms with Gasteiger partial charge in [0.25, 0.3) is 0 Å². The molecule has 0 radical (unpaired) electrons. The van der Waals surface area contributed by atoms with E-state index in [0.717, 1.165) is 11.1 Å². The molecule has 0 fully saturated rings. The van der Waals surface area contributed by atoms with E-state index in [1.54, 1.807) is 25.1 Å². The van der Waals surface area contributed by atoms with E-state index in [9.17, 15) is 15.0 Å². The van der Waals surface area contributed by atoms with E-state index in [4.69, 9.17) is 11.6 Å². The van der Waals surface area contributed by atoms with Crippen LogP contribution in [0.1, 0.15) is 16.8 Å². The number of aromatic hydroxyl groups is 1. The number of aliphatic carboxylic acids is 1. The SMILES string of the molecule is Cc1cc(-c2nc(Cl)c(CC(=O)O)n2Cc2ccccc2)ccc1O. The second-order valence-corrected chi connectivity index (χ2v) is 6.17. The zero-order valence-corrected chi connectivity index (χ0v) is 14.4. The lowest BCUT2D eigenvalue weighted by Crippen LogP contribution is -2.11. The average molecular weight is 357 g/mol. The predicted molar refractivity (Wildman–Crippen MR) is 96.0 cm³/mol. The zero-order valence-electron chi connectivity index (χ0n) is 13.6. The summed E-state index contributed by atoms with van der Waals surface area (Å²) in [4.78, 5) is 15.6. The van der Waals surface area contributed by atoms with E-state index in [-0.39, 0.29) is 17.3 Å². The fraction of sp³-hybridized carbons (Fsp3) is 0.158. The molecule has 5 nitrogen and oxygen atoms in total. The fourth-order valence-corrected chi connectivity index (χ4v) is 2.97. The van der Waals surface area contributed by atoms with Gasteiger partial charge in [0.2, 0.25) is 0 Å². The molecule has 0 amide bonds. The van der Waals surface area contributed by atoms with Gasteiger partial charge in [0.1, 0.15) is 11.6 Å². The molecule has 2 aromatic carbocycles. The lowest BCUT2D eigenvalue weighted by molar-refractivity contribution is -0.136. The Morgan fingerprint density at radius 3 is 2.56 bits per heavy atom. The van der Waals surface area contributed by atoms with Crippen LogP contribution in [0.5, 0.6) is 5.75 Å². The fourth-order valence-electron chi connectivity index (χ4n) is 2.72. The number of rotatable bonds is 5. The van der Waals surface area contributed by atoms with Crippen molar-refractivity contribution in [1.82, 2.24) is 9.55 Å². The number of phenolic OH excluding ortho intramolecular Hbond substituents is 1. The van der Waals surface area contributed by atoms with Crippen molar-refractivity contribution >= 4 is 17.6 Å². The lowest BCUT2D eigenvalue weighted by Gasteiger charge is -2.12. The van der Waals surface area contributed by atoms with Crippen LogP contribution in [0.2, 0.25) is 5.15 Å². The zero-order chi connectivity index (χ0) is 18.0. The van der Waals surface area contributed by atoms with Crippen molar-refractivity contribution in [3.63, 3.8) is 0 Å². The first kappa shape index (κ1) is 17.0. The third-order valence-corrected chi connectivity index (χ3v) is 4.28. The molecule has 0 bridgehead atoms. The number of hydrogen-bond acceptors (Lipinski definition) is 3. The number of aromatic nitrogens is 2. The summed E-state index contributed by atoms with van der Waals surface area (Å²) in [5, 5.41) is 19.1. The minimum absolute atomic E-state index is 0.180. The molecule has 0 unspecified atom stereocenters. The van der Waals surface area contributed by atoms with Crippen LogP contribution in [0.3, 0.4) is 0 Å². The molecule has 6 heteroatoms. The van der Waals surface area contributed by atoms with Gasteiger partial charge in [-0.1, -0.05) is 41.9 Å². The second-order valence-electron chi connectivity index (χ2n) is 5.82. The topological polar surface area (TPSA) is 75.3 Å². The van der Waals surface area contributed by atoms with Crippen LogP contribution in [0, 0.1) is 6.92 Å². The van der Waals surface area contributed by atoms with Gasteiger partial charge in [-0.25, -0.2) is 4.98 Å². The van der Waals surface area contributed by atoms with Crippen molar-refractivity contribution in [2.45, 2.75) is 19.9 Å². The largest absolute Gasteiger partial charge is 0.508 e. The lowest BCUT2D eigenvalue weighted by atomic mass is 10.1. The maximum atomic E-state index is 11.2. The Morgan fingerprint density at radius 1 is 1.20 bits per heavy atom. The highest BCUT2D eigenvalue weighted by molar-refractivity contribution is 6.30. The van der Waals surface area contributed by atoms with Crippen LogP contribution in [-0.4, -0.2) is 25.7 Å². The molecule has 3 rings (SSSR count). The van der Waals surface area contributed by atoms with Crippen molar-refractivity contribution < 1.29 is 15.0 Å². The van der Waals surface area contributed by atoms with Gasteiger partial charge in [-0.05, 0) is 36.2 Å². The number of nitrogens with zero attached hydrogens (tertiary/aromatic N) is 2. The third-order valence-electron chi connectivity index (χ3n) is 3.98. The normalized spacial score (nSPS) is 10.8. The predicted octanol–water partition coefficient (Wildman–Crippen LogP) is 3.89. The van der Waals surface area contributed by atoms with Crippen LogP contribution in [-0.2, 0) is 17.8 Å². The van der Waals surface area contributed by atoms with Gasteiger partial charge in [-0.2, -0.15) is 0 Å². The third kappa shape index (κ3) is 3.67. The van der Waals surface area contributed by atoms with E-state index in [2.05, 4.69) is 4.98 Å². The molecule has 0 spiro atoms. The Kier molecular flexibility index (Phi) is 4.76. The van der Waals surface area contributed by atoms with E-state index in [1.807, 2.05) is 34.9 Å². The van der Waals surface area contributed by atoms with Crippen molar-refractivity contribution in [1.29, 1.82) is 0 Å². The number of carbonyl (C=O) groups is 1. The highest BCUT2D eigenvalue weighted by atomic mass is 35.5. The van der Waals surface area contributed by atoms with Crippen molar-refractivity contribution in [2.24, 2.45) is 0 Å². The first-order valence-corrected chi connectivity index (χ1v) is 8.14. The standard InChI is InChI=1S/C19H17ClN2O3/c1-12-9-14(7-8-16(12)23)19-21-18(20)15(10-17(24)25)22(19)11-13-5-3-2-4-6-13/h2-9,23H,10-11H2,1H3,(H,24,25). The maximum absolute atomic E-state index is 11.2. The van der Waals surface area contributed by atoms with Gasteiger partial charge < -0.3 is 14.8 Å². The van der Waals surface area contributed by atoms with Gasteiger partial charge in [0.15, 0.2) is 5.15 Å². The molecule has 0 atom stereocenters. The number of phenols is 1. The number of imidazole rings is 1. The number of hydrogen-bond donors (Lipinski definition) is 2. The molecule has 3 aromatic rings. The second kappa shape index (κ2) is 6.99. The van der Waals surface area contributed by atoms with Gasteiger partial charge >= 0.3 is 5.97 Å². The number of carboxylic acid groups (broad SMARTS) is 1. The Morgan fingerprint density at radius 2 is 1.92 bits per heavy atom. The quantitative estimate of drug-likeness (QED) is 0.727. The minimum atomic E-state index is -0.968. The highest BCUT2D eigenvalue weighted by Gasteiger charge is 2.20. The first-order chi connectivity index (χ1) is 12.0. The molecule has 0 saturated heterocycles. The summed E-state index contributed by atoms with van der Waals surface area (Å²) in [5.41, 5.74) is 2.95. The molecule has 0 aliphatic rings. The summed E-state index contributed by atoms with van der Waals surface area (Å²) in [6, 6.07) is 14.8. The average Bonchev–Trinajstić information content (AvgIpc) is 2.87. The molecule has 2 N–H and O–H groups in total. The number of halogens is 1. The van der Waals surface area contributed by atoms with Gasteiger partial charge in [0, 0.05) is 12.1 Å². The van der Waals surface area contributed by atoms with Crippen LogP contribution >= 0.6 is 11.6 Å². The molecule has 25 heavy (non-hydrogen) atoms. The monoisotopic (exact) mass is 356 g/mol. The van der Waals surface area contributed by atoms with Crippen molar-refractivity contribution in [3.05, 3.63) is 70.5 Å². The van der Waals surface area contributed by atoms with E-state index < -0.39 is 5.97 Å². The van der Waals surface area contributed by atoms with Gasteiger partial charge in [-0.15, -0.1) is 0 Å². The maximum Gasteiger partial charge on any atom is 0.309 e. The van der Waals surface area contributed by atoms with Gasteiger partial charge in [-0.3, -0.25) is 4.79 Å². The highest BCUT2D eigenvalue weighted by Crippen LogP contribution is 2.30. The van der Waals surface area contributed by atoms with E-state index in [1.165, 1.54) is 0 Å². The van der Waals surface area contributed by atoms with Crippen LogP contribution < -0.4 is 0 Å². The van der Waals surface area contributed by atoms with Gasteiger partial charge in [0.05, 0.1) is 12.1 Å². The molecule has 0 aliphatic carbocycles. The molecule has 1 heterocycles. The van der Waals surface area contributed by atoms with Crippen molar-refractivity contribution in [3.8, 4) is 17.1 Å². The van der Waals surface area contributed by atoms with Crippen LogP contribution in [0.25, 0.3) is 11.4 Å². The Balaban J connectivity index is 2.13. The van der Waals surface area contributed by atoms with Crippen molar-refractivity contribution in [2.75, 3.05) is 0 Å². The molecule has 0 aliphatic heterocycles. The van der Waals surface area contributed by atoms with E-state index >= 15 is 0 Å². The van der Waals surface area contributed by atoms with Crippen LogP contribution in [0.4, 0.5) is 0 Å². The molecule has 1 aromatic heterocycles. The minimum Gasteiger partial charge on any atom is -0.508 e. The summed E-state index contributed by atoms with van der Waals surface area (Å²) in [6.45, 7) is 2.25. The number of benzene rings is 2. The molecule has 0 saturated carbocycles. The summed E-state index contributed by atoms with van der Waals surface area (Å²) >= 11 is 6.24. The summed E-state index contributed by atoms with van der Waals surface area (Å²) in [7, 11) is 0. The summed E-state index contributed by atoms with van der Waals surface area (Å²) in [6.07, 6.45) is -0.213. The molecule has 128 valence electrons. The Labute approximate surface area is 150 Å². The molecular weight excluding hydrogens is 340 g/mol.